The van der Waals surface area contributed by atoms with Crippen LogP contribution in [0.1, 0.15) is 80.4 Å². The van der Waals surface area contributed by atoms with Crippen LogP contribution in [0.3, 0.4) is 0 Å². The minimum Gasteiger partial charge on any atom is -0.507 e. The lowest BCUT2D eigenvalue weighted by Gasteiger charge is -2.60. The van der Waals surface area contributed by atoms with Crippen molar-refractivity contribution < 1.29 is 44.0 Å². The fourth-order valence-corrected chi connectivity index (χ4v) is 7.87. The lowest BCUT2D eigenvalue weighted by Crippen LogP contribution is -2.74. The van der Waals surface area contributed by atoms with Crippen molar-refractivity contribution in [1.29, 1.82) is 0 Å². The van der Waals surface area contributed by atoms with E-state index in [1.54, 1.807) is 50.2 Å². The number of hydrogen-bond acceptors (Lipinski definition) is 9. The van der Waals surface area contributed by atoms with Gasteiger partial charge in [0.2, 0.25) is 0 Å². The summed E-state index contributed by atoms with van der Waals surface area (Å²) < 4.78 is 5.39. The Hall–Kier alpha value is -3.69. The van der Waals surface area contributed by atoms with Crippen LogP contribution in [0.25, 0.3) is 0 Å². The molecule has 2 saturated carbocycles. The Labute approximate surface area is 243 Å². The third kappa shape index (κ3) is 4.24. The molecule has 2 aromatic rings. The minimum atomic E-state index is -2.66. The van der Waals surface area contributed by atoms with Crippen LogP contribution in [-0.4, -0.2) is 56.1 Å². The predicted octanol–water partition coefficient (Wildman–Crippen LogP) is 3.27. The summed E-state index contributed by atoms with van der Waals surface area (Å²) in [6.07, 6.45) is -1.63. The largest absolute Gasteiger partial charge is 0.507 e. The van der Waals surface area contributed by atoms with Gasteiger partial charge in [-0.1, -0.05) is 52.0 Å². The highest BCUT2D eigenvalue weighted by atomic mass is 16.5. The van der Waals surface area contributed by atoms with Crippen molar-refractivity contribution in [2.75, 3.05) is 0 Å². The molecule has 5 rings (SSSR count). The molecule has 6 atom stereocenters. The molecule has 6 unspecified atom stereocenters. The first-order chi connectivity index (χ1) is 19.6. The lowest BCUT2D eigenvalue weighted by molar-refractivity contribution is -0.202. The number of esters is 1. The summed E-state index contributed by atoms with van der Waals surface area (Å²) >= 11 is 0. The van der Waals surface area contributed by atoms with Gasteiger partial charge in [0.05, 0.1) is 24.0 Å². The number of para-hydroxylation sites is 1. The van der Waals surface area contributed by atoms with Crippen molar-refractivity contribution in [3.8, 4) is 11.5 Å². The van der Waals surface area contributed by atoms with E-state index < -0.39 is 69.2 Å². The van der Waals surface area contributed by atoms with Crippen molar-refractivity contribution in [3.05, 3.63) is 58.7 Å². The fraction of sp³-hybridized carbons (Fsp3) is 0.485. The normalized spacial score (nSPS) is 32.2. The van der Waals surface area contributed by atoms with Crippen LogP contribution in [0.15, 0.2) is 36.4 Å². The van der Waals surface area contributed by atoms with E-state index in [2.05, 4.69) is 0 Å². The summed E-state index contributed by atoms with van der Waals surface area (Å²) in [6.45, 7) is 8.25. The molecule has 0 spiro atoms. The maximum Gasteiger partial charge on any atom is 0.315 e. The Balaban J connectivity index is 1.60. The number of fused-ring (bicyclic) bond motifs is 3. The molecule has 0 amide bonds. The van der Waals surface area contributed by atoms with E-state index in [1.807, 2.05) is 13.8 Å². The predicted molar refractivity (Wildman–Crippen MR) is 150 cm³/mol. The van der Waals surface area contributed by atoms with Crippen molar-refractivity contribution in [3.63, 3.8) is 0 Å². The van der Waals surface area contributed by atoms with E-state index in [4.69, 9.17) is 4.74 Å². The zero-order valence-electron chi connectivity index (χ0n) is 24.4. The molecule has 3 aliphatic carbocycles. The lowest BCUT2D eigenvalue weighted by atomic mass is 9.43. The third-order valence-electron chi connectivity index (χ3n) is 9.65. The van der Waals surface area contributed by atoms with Crippen LogP contribution in [-0.2, 0) is 32.0 Å². The molecule has 0 bridgehead atoms. The number of carbonyl (C=O) groups excluding carboxylic acids is 5. The number of hydrogen-bond donors (Lipinski definition) is 3. The average Bonchev–Trinajstić information content (AvgIpc) is 2.87. The quantitative estimate of drug-likeness (QED) is 0.276. The Morgan fingerprint density at radius 3 is 2.31 bits per heavy atom. The molecule has 0 radical (unpaired) electrons. The van der Waals surface area contributed by atoms with Crippen molar-refractivity contribution in [2.24, 2.45) is 22.7 Å². The molecule has 0 heterocycles. The van der Waals surface area contributed by atoms with E-state index in [-0.39, 0.29) is 42.7 Å². The second kappa shape index (κ2) is 9.95. The van der Waals surface area contributed by atoms with Crippen LogP contribution in [0.5, 0.6) is 11.5 Å². The minimum absolute atomic E-state index is 0.0506. The number of Topliss-reactive ketones (excluding diaryl/α,β-unsaturated/α-hetero) is 4. The third-order valence-corrected chi connectivity index (χ3v) is 9.65. The van der Waals surface area contributed by atoms with Crippen molar-refractivity contribution in [2.45, 2.75) is 77.9 Å². The van der Waals surface area contributed by atoms with Crippen molar-refractivity contribution >= 4 is 29.1 Å². The van der Waals surface area contributed by atoms with Gasteiger partial charge in [-0.3, -0.25) is 24.0 Å². The first kappa shape index (κ1) is 29.8. The molecule has 2 fully saturated rings. The van der Waals surface area contributed by atoms with Gasteiger partial charge < -0.3 is 20.1 Å². The van der Waals surface area contributed by atoms with E-state index in [0.29, 0.717) is 11.3 Å². The second-order valence-electron chi connectivity index (χ2n) is 13.1. The van der Waals surface area contributed by atoms with Gasteiger partial charge in [-0.25, -0.2) is 0 Å². The Morgan fingerprint density at radius 2 is 1.71 bits per heavy atom. The molecule has 3 aliphatic rings. The molecule has 42 heavy (non-hydrogen) atoms. The molecule has 2 aromatic carbocycles. The zero-order chi connectivity index (χ0) is 30.9. The number of aliphatic hydroxyl groups excluding tert-OH is 1. The number of phenolic OH excluding ortho intramolecular Hbond substituents is 1. The van der Waals surface area contributed by atoms with Crippen LogP contribution >= 0.6 is 0 Å². The number of aliphatic hydroxyl groups is 2. The molecule has 9 heteroatoms. The molecule has 0 saturated heterocycles. The molecule has 0 aromatic heterocycles. The molecular formula is C33H36O9. The van der Waals surface area contributed by atoms with Gasteiger partial charge in [0.1, 0.15) is 23.2 Å². The first-order valence-electron chi connectivity index (χ1n) is 14.2. The molecule has 222 valence electrons. The van der Waals surface area contributed by atoms with Crippen LogP contribution in [0, 0.1) is 22.7 Å². The van der Waals surface area contributed by atoms with Gasteiger partial charge in [-0.15, -0.1) is 0 Å². The number of ether oxygens (including phenoxy) is 1. The topological polar surface area (TPSA) is 155 Å². The maximum absolute atomic E-state index is 14.3. The van der Waals surface area contributed by atoms with E-state index in [0.717, 1.165) is 12.5 Å². The van der Waals surface area contributed by atoms with E-state index in [9.17, 15) is 39.3 Å². The maximum atomic E-state index is 14.3. The van der Waals surface area contributed by atoms with Gasteiger partial charge >= 0.3 is 5.97 Å². The number of benzene rings is 2. The number of carbonyl (C=O) groups is 5. The second-order valence-corrected chi connectivity index (χ2v) is 13.1. The summed E-state index contributed by atoms with van der Waals surface area (Å²) in [5.41, 5.74) is -3.78. The van der Waals surface area contributed by atoms with Gasteiger partial charge in [-0.05, 0) is 60.8 Å². The summed E-state index contributed by atoms with van der Waals surface area (Å²) in [5.74, 6) is -7.46. The number of aromatic hydroxyl groups is 1. The standard InChI is InChI=1S/C33H36O9/c1-16(2)20-11-18(12-23(36)42-19-9-7-6-8-10-19)27(37)25-21(20)13-31(4)15-32(5)14-22(35)24(17(3)34)29(39)33(32,41)30(40)26(31)28(25)38/h6-11,16,22,24,26,35,37,41H,12-15H2,1-5H3. The SMILES string of the molecule is CC(=O)C1C(=O)C2(O)C(=O)C3C(=O)c4c(O)c(CC(=O)Oc5ccccc5)cc(C(C)C)c4CC3(C)CC2(C)CC1O. The van der Waals surface area contributed by atoms with Gasteiger partial charge in [0.15, 0.2) is 23.0 Å². The highest BCUT2D eigenvalue weighted by molar-refractivity contribution is 6.26. The highest BCUT2D eigenvalue weighted by Gasteiger charge is 2.73. The van der Waals surface area contributed by atoms with E-state index in [1.165, 1.54) is 0 Å². The number of phenols is 1. The summed E-state index contributed by atoms with van der Waals surface area (Å²) in [6, 6.07) is 10.1. The fourth-order valence-electron chi connectivity index (χ4n) is 7.87. The summed E-state index contributed by atoms with van der Waals surface area (Å²) in [4.78, 5) is 67.1. The molecular weight excluding hydrogens is 540 g/mol. The Bertz CT molecular complexity index is 1530. The van der Waals surface area contributed by atoms with Gasteiger partial charge in [0.25, 0.3) is 0 Å². The van der Waals surface area contributed by atoms with Crippen LogP contribution < -0.4 is 4.74 Å². The van der Waals surface area contributed by atoms with Crippen molar-refractivity contribution in [1.82, 2.24) is 0 Å². The number of ketones is 4. The summed E-state index contributed by atoms with van der Waals surface area (Å²) in [7, 11) is 0. The molecule has 0 aliphatic heterocycles. The van der Waals surface area contributed by atoms with Crippen LogP contribution in [0.4, 0.5) is 0 Å². The molecule has 3 N–H and O–H groups in total. The van der Waals surface area contributed by atoms with Crippen LogP contribution in [0.2, 0.25) is 0 Å². The Morgan fingerprint density at radius 1 is 1.07 bits per heavy atom. The molecule has 9 nitrogen and oxygen atoms in total. The van der Waals surface area contributed by atoms with Gasteiger partial charge in [0, 0.05) is 11.0 Å². The first-order valence-corrected chi connectivity index (χ1v) is 14.2. The van der Waals surface area contributed by atoms with E-state index >= 15 is 0 Å². The zero-order valence-corrected chi connectivity index (χ0v) is 24.4. The monoisotopic (exact) mass is 576 g/mol. The average molecular weight is 577 g/mol. The summed E-state index contributed by atoms with van der Waals surface area (Å²) in [5, 5.41) is 34.0. The highest BCUT2D eigenvalue weighted by Crippen LogP contribution is 2.62. The smallest absolute Gasteiger partial charge is 0.315 e. The number of rotatable bonds is 5. The Kier molecular flexibility index (Phi) is 7.06. The van der Waals surface area contributed by atoms with Gasteiger partial charge in [-0.2, -0.15) is 0 Å².